The third-order valence-corrected chi connectivity index (χ3v) is 5.97. The van der Waals surface area contributed by atoms with Gasteiger partial charge in [-0.15, -0.1) is 0 Å². The lowest BCUT2D eigenvalue weighted by molar-refractivity contribution is -0.122. The smallest absolute Gasteiger partial charge is 0.234 e. The molecule has 0 aliphatic carbocycles. The van der Waals surface area contributed by atoms with Crippen molar-refractivity contribution in [1.82, 2.24) is 10.2 Å². The van der Waals surface area contributed by atoms with Gasteiger partial charge in [-0.25, -0.2) is 0 Å². The van der Waals surface area contributed by atoms with Crippen LogP contribution in [0.5, 0.6) is 17.2 Å². The molecule has 1 N–H and O–H groups in total. The second-order valence-electron chi connectivity index (χ2n) is 8.05. The van der Waals surface area contributed by atoms with Crippen molar-refractivity contribution in [3.05, 3.63) is 53.6 Å². The molecule has 1 amide bonds. The minimum absolute atomic E-state index is 0.0384. The quantitative estimate of drug-likeness (QED) is 0.628. The molecule has 1 heterocycles. The third-order valence-electron chi connectivity index (χ3n) is 5.97. The van der Waals surface area contributed by atoms with Gasteiger partial charge in [0.1, 0.15) is 0 Å². The molecule has 1 fully saturated rings. The molecule has 0 aromatic heterocycles. The molecule has 1 saturated heterocycles. The Bertz CT molecular complexity index is 808. The summed E-state index contributed by atoms with van der Waals surface area (Å²) < 4.78 is 16.1. The maximum Gasteiger partial charge on any atom is 0.234 e. The number of hydrogen-bond donors (Lipinski definition) is 1. The largest absolute Gasteiger partial charge is 0.493 e. The van der Waals surface area contributed by atoms with Gasteiger partial charge in [-0.3, -0.25) is 9.69 Å². The van der Waals surface area contributed by atoms with E-state index in [0.717, 1.165) is 43.8 Å². The molecule has 2 aromatic carbocycles. The van der Waals surface area contributed by atoms with Gasteiger partial charge in [0.2, 0.25) is 11.7 Å². The molecule has 0 atom stereocenters. The van der Waals surface area contributed by atoms with Crippen molar-refractivity contribution in [2.45, 2.75) is 32.2 Å². The maximum absolute atomic E-state index is 12.5. The van der Waals surface area contributed by atoms with Crippen LogP contribution in [0.3, 0.4) is 0 Å². The van der Waals surface area contributed by atoms with Crippen LogP contribution in [0, 0.1) is 5.92 Å². The molecular formula is C25H34N2O4. The van der Waals surface area contributed by atoms with Crippen LogP contribution in [0.2, 0.25) is 0 Å². The molecule has 0 saturated carbocycles. The standard InChI is InChI=1S/C25H34N2O4/c1-29-22-15-21(16-23(30-2)25(22)31-3)17-26-24(28)18-27-13-11-20(12-14-27)10-9-19-7-5-4-6-8-19/h4-8,15-16,20H,9-14,17-18H2,1-3H3,(H,26,28). The first-order chi connectivity index (χ1) is 15.1. The third kappa shape index (κ3) is 6.62. The summed E-state index contributed by atoms with van der Waals surface area (Å²) in [6.07, 6.45) is 4.69. The Labute approximate surface area is 185 Å². The first-order valence-electron chi connectivity index (χ1n) is 10.9. The van der Waals surface area contributed by atoms with Gasteiger partial charge >= 0.3 is 0 Å². The molecule has 6 heteroatoms. The number of aryl methyl sites for hydroxylation is 1. The van der Waals surface area contributed by atoms with E-state index in [1.165, 1.54) is 12.0 Å². The van der Waals surface area contributed by atoms with E-state index in [2.05, 4.69) is 40.5 Å². The van der Waals surface area contributed by atoms with Crippen LogP contribution in [-0.2, 0) is 17.8 Å². The molecule has 0 radical (unpaired) electrons. The normalized spacial score (nSPS) is 14.8. The van der Waals surface area contributed by atoms with Gasteiger partial charge in [0.05, 0.1) is 27.9 Å². The zero-order valence-electron chi connectivity index (χ0n) is 18.9. The van der Waals surface area contributed by atoms with Crippen LogP contribution < -0.4 is 19.5 Å². The predicted octanol–water partition coefficient (Wildman–Crippen LogP) is 3.67. The van der Waals surface area contributed by atoms with E-state index in [0.29, 0.717) is 30.3 Å². The molecule has 0 bridgehead atoms. The number of hydrogen-bond acceptors (Lipinski definition) is 5. The number of piperidine rings is 1. The number of rotatable bonds is 10. The monoisotopic (exact) mass is 426 g/mol. The van der Waals surface area contributed by atoms with Gasteiger partial charge in [0, 0.05) is 6.54 Å². The van der Waals surface area contributed by atoms with E-state index in [1.54, 1.807) is 21.3 Å². The van der Waals surface area contributed by atoms with Crippen molar-refractivity contribution >= 4 is 5.91 Å². The number of carbonyl (C=O) groups is 1. The summed E-state index contributed by atoms with van der Waals surface area (Å²) in [4.78, 5) is 14.7. The zero-order valence-corrected chi connectivity index (χ0v) is 18.9. The van der Waals surface area contributed by atoms with Crippen LogP contribution in [0.4, 0.5) is 0 Å². The summed E-state index contributed by atoms with van der Waals surface area (Å²) >= 11 is 0. The lowest BCUT2D eigenvalue weighted by atomic mass is 9.90. The molecule has 0 spiro atoms. The summed E-state index contributed by atoms with van der Waals surface area (Å²) in [5.74, 6) is 2.51. The van der Waals surface area contributed by atoms with E-state index >= 15 is 0 Å². The van der Waals surface area contributed by atoms with Crippen LogP contribution >= 0.6 is 0 Å². The minimum Gasteiger partial charge on any atom is -0.493 e. The SMILES string of the molecule is COc1cc(CNC(=O)CN2CCC(CCc3ccccc3)CC2)cc(OC)c1OC. The highest BCUT2D eigenvalue weighted by molar-refractivity contribution is 5.78. The average molecular weight is 427 g/mol. The number of likely N-dealkylation sites (tertiary alicyclic amines) is 1. The lowest BCUT2D eigenvalue weighted by Gasteiger charge is -2.31. The predicted molar refractivity (Wildman–Crippen MR) is 122 cm³/mol. The molecule has 3 rings (SSSR count). The Morgan fingerprint density at radius 3 is 2.19 bits per heavy atom. The molecular weight excluding hydrogens is 392 g/mol. The lowest BCUT2D eigenvalue weighted by Crippen LogP contribution is -2.41. The summed E-state index contributed by atoms with van der Waals surface area (Å²) in [6.45, 7) is 2.83. The maximum atomic E-state index is 12.5. The first kappa shape index (κ1) is 22.9. The molecule has 2 aromatic rings. The summed E-state index contributed by atoms with van der Waals surface area (Å²) in [6, 6.07) is 14.4. The van der Waals surface area contributed by atoms with E-state index in [-0.39, 0.29) is 5.91 Å². The number of carbonyl (C=O) groups excluding carboxylic acids is 1. The fraction of sp³-hybridized carbons (Fsp3) is 0.480. The van der Waals surface area contributed by atoms with Crippen LogP contribution in [0.15, 0.2) is 42.5 Å². The van der Waals surface area contributed by atoms with Gasteiger partial charge in [0.25, 0.3) is 0 Å². The fourth-order valence-corrected chi connectivity index (χ4v) is 4.15. The molecule has 31 heavy (non-hydrogen) atoms. The van der Waals surface area contributed by atoms with Gasteiger partial charge in [-0.2, -0.15) is 0 Å². The van der Waals surface area contributed by atoms with Crippen LogP contribution in [0.25, 0.3) is 0 Å². The summed E-state index contributed by atoms with van der Waals surface area (Å²) in [5.41, 5.74) is 2.32. The van der Waals surface area contributed by atoms with Crippen molar-refractivity contribution in [1.29, 1.82) is 0 Å². The minimum atomic E-state index is 0.0384. The van der Waals surface area contributed by atoms with E-state index in [1.807, 2.05) is 12.1 Å². The number of amides is 1. The number of nitrogens with one attached hydrogen (secondary N) is 1. The van der Waals surface area contributed by atoms with E-state index < -0.39 is 0 Å². The molecule has 1 aliphatic heterocycles. The van der Waals surface area contributed by atoms with Gasteiger partial charge < -0.3 is 19.5 Å². The average Bonchev–Trinajstić information content (AvgIpc) is 2.82. The number of methoxy groups -OCH3 is 3. The molecule has 1 aliphatic rings. The number of nitrogens with zero attached hydrogens (tertiary/aromatic N) is 1. The summed E-state index contributed by atoms with van der Waals surface area (Å²) in [5, 5.41) is 3.01. The highest BCUT2D eigenvalue weighted by Crippen LogP contribution is 2.38. The van der Waals surface area contributed by atoms with Crippen molar-refractivity contribution < 1.29 is 19.0 Å². The second-order valence-corrected chi connectivity index (χ2v) is 8.05. The topological polar surface area (TPSA) is 60.0 Å². The van der Waals surface area contributed by atoms with Gasteiger partial charge in [-0.1, -0.05) is 30.3 Å². The molecule has 6 nitrogen and oxygen atoms in total. The highest BCUT2D eigenvalue weighted by atomic mass is 16.5. The van der Waals surface area contributed by atoms with Crippen molar-refractivity contribution in [3.8, 4) is 17.2 Å². The Balaban J connectivity index is 1.41. The highest BCUT2D eigenvalue weighted by Gasteiger charge is 2.21. The second kappa shape index (κ2) is 11.6. The van der Waals surface area contributed by atoms with Gasteiger partial charge in [-0.05, 0) is 68.0 Å². The van der Waals surface area contributed by atoms with E-state index in [9.17, 15) is 4.79 Å². The number of ether oxygens (including phenoxy) is 3. The Hall–Kier alpha value is -2.73. The summed E-state index contributed by atoms with van der Waals surface area (Å²) in [7, 11) is 4.75. The van der Waals surface area contributed by atoms with E-state index in [4.69, 9.17) is 14.2 Å². The first-order valence-corrected chi connectivity index (χ1v) is 10.9. The van der Waals surface area contributed by atoms with Gasteiger partial charge in [0.15, 0.2) is 11.5 Å². The van der Waals surface area contributed by atoms with Crippen molar-refractivity contribution in [3.63, 3.8) is 0 Å². The zero-order chi connectivity index (χ0) is 22.1. The van der Waals surface area contributed by atoms with Crippen LogP contribution in [0.1, 0.15) is 30.4 Å². The van der Waals surface area contributed by atoms with Crippen LogP contribution in [-0.4, -0.2) is 51.8 Å². The Kier molecular flexibility index (Phi) is 8.59. The number of benzene rings is 2. The molecule has 0 unspecified atom stereocenters. The molecule has 168 valence electrons. The Morgan fingerprint density at radius 1 is 0.968 bits per heavy atom. The van der Waals surface area contributed by atoms with Crippen molar-refractivity contribution in [2.24, 2.45) is 5.92 Å². The Morgan fingerprint density at radius 2 is 1.61 bits per heavy atom. The van der Waals surface area contributed by atoms with Crippen molar-refractivity contribution in [2.75, 3.05) is 41.0 Å². The fourth-order valence-electron chi connectivity index (χ4n) is 4.15.